The molecule has 1 amide bonds. The van der Waals surface area contributed by atoms with Gasteiger partial charge < -0.3 is 16.4 Å². The van der Waals surface area contributed by atoms with Crippen LogP contribution < -0.4 is 21.8 Å². The molecule has 0 aromatic carbocycles. The second-order valence-corrected chi connectivity index (χ2v) is 5.68. The molecule has 114 valence electrons. The summed E-state index contributed by atoms with van der Waals surface area (Å²) in [5.74, 6) is 2.17. The predicted octanol–water partition coefficient (Wildman–Crippen LogP) is -1.61. The van der Waals surface area contributed by atoms with Gasteiger partial charge in [0.1, 0.15) is 17.4 Å². The van der Waals surface area contributed by atoms with Gasteiger partial charge >= 0.3 is 0 Å². The lowest BCUT2D eigenvalue weighted by Crippen LogP contribution is -2.46. The van der Waals surface area contributed by atoms with Gasteiger partial charge in [0, 0.05) is 31.8 Å². The molecule has 0 aliphatic carbocycles. The molecular formula is C13H21N7O. The van der Waals surface area contributed by atoms with Gasteiger partial charge in [-0.25, -0.2) is 0 Å². The van der Waals surface area contributed by atoms with Crippen molar-refractivity contribution in [3.05, 3.63) is 11.9 Å². The van der Waals surface area contributed by atoms with E-state index < -0.39 is 0 Å². The Balaban J connectivity index is 1.64. The van der Waals surface area contributed by atoms with E-state index in [0.717, 1.165) is 38.6 Å². The molecule has 2 unspecified atom stereocenters. The van der Waals surface area contributed by atoms with Gasteiger partial charge in [-0.15, -0.1) is 0 Å². The number of hydrogen-bond donors (Lipinski definition) is 4. The summed E-state index contributed by atoms with van der Waals surface area (Å²) in [7, 11) is 0. The van der Waals surface area contributed by atoms with Crippen molar-refractivity contribution in [2.45, 2.75) is 6.92 Å². The molecule has 1 fully saturated rings. The molecule has 0 saturated carbocycles. The summed E-state index contributed by atoms with van der Waals surface area (Å²) in [6.07, 6.45) is 1.23. The van der Waals surface area contributed by atoms with Gasteiger partial charge in [0.2, 0.25) is 0 Å². The number of likely N-dealkylation sites (tertiary alicyclic amines) is 1. The largest absolute Gasteiger partial charge is 0.403 e. The van der Waals surface area contributed by atoms with E-state index in [1.165, 1.54) is 6.20 Å². The summed E-state index contributed by atoms with van der Waals surface area (Å²) < 4.78 is 0. The SMILES string of the molecule is CC1CN(CC2=NCCN2)CC1C1=NN/C(=C\N)C(=O)N1. The second-order valence-electron chi connectivity index (χ2n) is 5.68. The fraction of sp³-hybridized carbons (Fsp3) is 0.615. The van der Waals surface area contributed by atoms with Crippen molar-refractivity contribution in [3.63, 3.8) is 0 Å². The Morgan fingerprint density at radius 1 is 1.48 bits per heavy atom. The maximum Gasteiger partial charge on any atom is 0.276 e. The number of carbonyl (C=O) groups excluding carboxylic acids is 1. The number of rotatable bonds is 3. The Kier molecular flexibility index (Phi) is 3.78. The summed E-state index contributed by atoms with van der Waals surface area (Å²) >= 11 is 0. The average Bonchev–Trinajstić information content (AvgIpc) is 3.09. The van der Waals surface area contributed by atoms with Crippen LogP contribution >= 0.6 is 0 Å². The maximum absolute atomic E-state index is 11.8. The van der Waals surface area contributed by atoms with Gasteiger partial charge in [0.05, 0.1) is 13.1 Å². The zero-order valence-corrected chi connectivity index (χ0v) is 12.1. The van der Waals surface area contributed by atoms with Crippen molar-refractivity contribution in [1.29, 1.82) is 0 Å². The maximum atomic E-state index is 11.8. The van der Waals surface area contributed by atoms with Crippen molar-refractivity contribution < 1.29 is 4.79 Å². The lowest BCUT2D eigenvalue weighted by atomic mass is 9.96. The number of amidine groups is 2. The number of amides is 1. The Labute approximate surface area is 123 Å². The molecule has 1 saturated heterocycles. The monoisotopic (exact) mass is 291 g/mol. The van der Waals surface area contributed by atoms with E-state index in [0.29, 0.717) is 11.8 Å². The molecule has 3 aliphatic heterocycles. The van der Waals surface area contributed by atoms with E-state index in [2.05, 4.69) is 38.0 Å². The highest BCUT2D eigenvalue weighted by atomic mass is 16.2. The molecule has 0 bridgehead atoms. The zero-order valence-electron chi connectivity index (χ0n) is 12.1. The third-order valence-corrected chi connectivity index (χ3v) is 4.11. The third-order valence-electron chi connectivity index (χ3n) is 4.11. The summed E-state index contributed by atoms with van der Waals surface area (Å²) in [5, 5.41) is 10.4. The molecule has 5 N–H and O–H groups in total. The van der Waals surface area contributed by atoms with Crippen LogP contribution in [0.4, 0.5) is 0 Å². The molecule has 0 aromatic heterocycles. The zero-order chi connectivity index (χ0) is 14.8. The lowest BCUT2D eigenvalue weighted by molar-refractivity contribution is -0.116. The summed E-state index contributed by atoms with van der Waals surface area (Å²) in [4.78, 5) is 18.6. The van der Waals surface area contributed by atoms with Gasteiger partial charge in [-0.1, -0.05) is 6.92 Å². The molecule has 3 aliphatic rings. The molecule has 0 radical (unpaired) electrons. The van der Waals surface area contributed by atoms with E-state index in [1.807, 2.05) is 0 Å². The smallest absolute Gasteiger partial charge is 0.276 e. The van der Waals surface area contributed by atoms with Crippen LogP contribution in [-0.4, -0.2) is 55.2 Å². The second kappa shape index (κ2) is 5.72. The number of hydrazone groups is 1. The van der Waals surface area contributed by atoms with E-state index in [9.17, 15) is 4.79 Å². The Hall–Kier alpha value is -2.09. The highest BCUT2D eigenvalue weighted by Crippen LogP contribution is 2.24. The first-order valence-corrected chi connectivity index (χ1v) is 7.23. The third kappa shape index (κ3) is 2.85. The van der Waals surface area contributed by atoms with Gasteiger partial charge in [-0.3, -0.25) is 20.1 Å². The lowest BCUT2D eigenvalue weighted by Gasteiger charge is -2.22. The van der Waals surface area contributed by atoms with Crippen LogP contribution in [0.2, 0.25) is 0 Å². The molecular weight excluding hydrogens is 270 g/mol. The first-order chi connectivity index (χ1) is 10.2. The molecule has 3 rings (SSSR count). The predicted molar refractivity (Wildman–Crippen MR) is 80.4 cm³/mol. The van der Waals surface area contributed by atoms with Gasteiger partial charge in [-0.05, 0) is 5.92 Å². The molecule has 0 aromatic rings. The topological polar surface area (TPSA) is 107 Å². The van der Waals surface area contributed by atoms with Crippen molar-refractivity contribution >= 4 is 17.6 Å². The first kappa shape index (κ1) is 13.9. The van der Waals surface area contributed by atoms with Crippen molar-refractivity contribution in [1.82, 2.24) is 21.0 Å². The van der Waals surface area contributed by atoms with Crippen molar-refractivity contribution in [3.8, 4) is 0 Å². The van der Waals surface area contributed by atoms with Crippen LogP contribution in [0.5, 0.6) is 0 Å². The van der Waals surface area contributed by atoms with Crippen LogP contribution in [-0.2, 0) is 4.79 Å². The molecule has 8 heteroatoms. The number of hydrogen-bond acceptors (Lipinski definition) is 7. The summed E-state index contributed by atoms with van der Waals surface area (Å²) in [6.45, 7) is 6.65. The number of nitrogens with zero attached hydrogens (tertiary/aromatic N) is 3. The molecule has 0 spiro atoms. The van der Waals surface area contributed by atoms with E-state index in [4.69, 9.17) is 5.73 Å². The van der Waals surface area contributed by atoms with Crippen molar-refractivity contribution in [2.75, 3.05) is 32.7 Å². The van der Waals surface area contributed by atoms with Crippen LogP contribution in [0, 0.1) is 11.8 Å². The fourth-order valence-electron chi connectivity index (χ4n) is 2.99. The summed E-state index contributed by atoms with van der Waals surface area (Å²) in [6, 6.07) is 0. The van der Waals surface area contributed by atoms with Crippen LogP contribution in [0.1, 0.15) is 6.92 Å². The Bertz CT molecular complexity index is 525. The number of aliphatic imine (C=N–C) groups is 1. The van der Waals surface area contributed by atoms with Crippen molar-refractivity contribution in [2.24, 2.45) is 27.7 Å². The van der Waals surface area contributed by atoms with E-state index in [-0.39, 0.29) is 17.5 Å². The Morgan fingerprint density at radius 3 is 3.00 bits per heavy atom. The highest BCUT2D eigenvalue weighted by molar-refractivity contribution is 6.08. The molecule has 3 heterocycles. The van der Waals surface area contributed by atoms with Crippen LogP contribution in [0.25, 0.3) is 0 Å². The van der Waals surface area contributed by atoms with E-state index >= 15 is 0 Å². The minimum atomic E-state index is -0.227. The highest BCUT2D eigenvalue weighted by Gasteiger charge is 2.36. The number of nitrogens with two attached hydrogens (primary N) is 1. The number of carbonyl (C=O) groups is 1. The van der Waals surface area contributed by atoms with E-state index in [1.54, 1.807) is 0 Å². The Morgan fingerprint density at radius 2 is 2.33 bits per heavy atom. The first-order valence-electron chi connectivity index (χ1n) is 7.23. The number of nitrogens with one attached hydrogen (secondary N) is 3. The normalized spacial score (nSPS) is 31.5. The molecule has 21 heavy (non-hydrogen) atoms. The van der Waals surface area contributed by atoms with Crippen LogP contribution in [0.3, 0.4) is 0 Å². The minimum Gasteiger partial charge on any atom is -0.403 e. The average molecular weight is 291 g/mol. The standard InChI is InChI=1S/C13H21N7O/c1-8-5-20(7-11-15-2-3-16-11)6-9(8)12-17-13(21)10(4-14)18-19-12/h4,8-9,18H,2-3,5-7,14H2,1H3,(H,15,16)(H,17,19,21)/b10-4-. The molecule has 2 atom stereocenters. The van der Waals surface area contributed by atoms with Gasteiger partial charge in [0.15, 0.2) is 0 Å². The quantitative estimate of drug-likeness (QED) is 0.468. The molecule has 8 nitrogen and oxygen atoms in total. The van der Waals surface area contributed by atoms with Gasteiger partial charge in [-0.2, -0.15) is 5.10 Å². The van der Waals surface area contributed by atoms with Gasteiger partial charge in [0.25, 0.3) is 5.91 Å². The van der Waals surface area contributed by atoms with Crippen LogP contribution in [0.15, 0.2) is 22.0 Å². The summed E-state index contributed by atoms with van der Waals surface area (Å²) in [5.41, 5.74) is 8.34. The fourth-order valence-corrected chi connectivity index (χ4v) is 2.99. The minimum absolute atomic E-state index is 0.211.